The minimum Gasteiger partial charge on any atom is -0.359 e. The Hall–Kier alpha value is -1.25. The average molecular weight is 221 g/mol. The van der Waals surface area contributed by atoms with Crippen LogP contribution in [0.2, 0.25) is 5.02 Å². The fourth-order valence-corrected chi connectivity index (χ4v) is 1.87. The molecule has 3 N–H and O–H groups in total. The SMILES string of the molecule is Cc1cc2cc(Cl)c(/C=C/CN)cc2[nH]1. The lowest BCUT2D eigenvalue weighted by Gasteiger charge is -1.98. The molecule has 0 unspecified atom stereocenters. The Bertz CT molecular complexity index is 512. The Morgan fingerprint density at radius 1 is 1.40 bits per heavy atom. The third kappa shape index (κ3) is 2.06. The maximum atomic E-state index is 6.14. The summed E-state index contributed by atoms with van der Waals surface area (Å²) >= 11 is 6.14. The lowest BCUT2D eigenvalue weighted by molar-refractivity contribution is 1.26. The van der Waals surface area contributed by atoms with Crippen LogP contribution in [0.15, 0.2) is 24.3 Å². The smallest absolute Gasteiger partial charge is 0.0485 e. The van der Waals surface area contributed by atoms with Gasteiger partial charge in [-0.3, -0.25) is 0 Å². The second-order valence-electron chi connectivity index (χ2n) is 3.55. The lowest BCUT2D eigenvalue weighted by Crippen LogP contribution is -1.92. The van der Waals surface area contributed by atoms with Gasteiger partial charge >= 0.3 is 0 Å². The molecule has 0 saturated heterocycles. The van der Waals surface area contributed by atoms with Crippen molar-refractivity contribution in [1.29, 1.82) is 0 Å². The van der Waals surface area contributed by atoms with Crippen LogP contribution in [0.3, 0.4) is 0 Å². The summed E-state index contributed by atoms with van der Waals surface area (Å²) < 4.78 is 0. The van der Waals surface area contributed by atoms with Gasteiger partial charge in [-0.25, -0.2) is 0 Å². The zero-order valence-electron chi connectivity index (χ0n) is 8.55. The van der Waals surface area contributed by atoms with Gasteiger partial charge in [0.15, 0.2) is 0 Å². The van der Waals surface area contributed by atoms with Gasteiger partial charge in [0.05, 0.1) is 0 Å². The van der Waals surface area contributed by atoms with E-state index in [0.29, 0.717) is 6.54 Å². The molecule has 2 nitrogen and oxygen atoms in total. The predicted molar refractivity (Wildman–Crippen MR) is 66.1 cm³/mol. The normalized spacial score (nSPS) is 11.7. The second kappa shape index (κ2) is 4.09. The monoisotopic (exact) mass is 220 g/mol. The van der Waals surface area contributed by atoms with Gasteiger partial charge in [0, 0.05) is 28.2 Å². The third-order valence-electron chi connectivity index (χ3n) is 2.31. The van der Waals surface area contributed by atoms with Gasteiger partial charge in [0.2, 0.25) is 0 Å². The van der Waals surface area contributed by atoms with E-state index in [2.05, 4.69) is 11.1 Å². The summed E-state index contributed by atoms with van der Waals surface area (Å²) in [5.41, 5.74) is 8.65. The number of halogens is 1. The number of aromatic nitrogens is 1. The predicted octanol–water partition coefficient (Wildman–Crippen LogP) is 3.10. The van der Waals surface area contributed by atoms with E-state index in [9.17, 15) is 0 Å². The highest BCUT2D eigenvalue weighted by atomic mass is 35.5. The molecule has 0 radical (unpaired) electrons. The van der Waals surface area contributed by atoms with Gasteiger partial charge < -0.3 is 10.7 Å². The molecular weight excluding hydrogens is 208 g/mol. The summed E-state index contributed by atoms with van der Waals surface area (Å²) in [6.45, 7) is 2.56. The summed E-state index contributed by atoms with van der Waals surface area (Å²) in [4.78, 5) is 3.28. The molecule has 0 fully saturated rings. The molecule has 3 heteroatoms. The maximum Gasteiger partial charge on any atom is 0.0485 e. The second-order valence-corrected chi connectivity index (χ2v) is 3.96. The van der Waals surface area contributed by atoms with E-state index >= 15 is 0 Å². The molecule has 15 heavy (non-hydrogen) atoms. The zero-order valence-corrected chi connectivity index (χ0v) is 9.31. The van der Waals surface area contributed by atoms with Gasteiger partial charge in [-0.2, -0.15) is 0 Å². The van der Waals surface area contributed by atoms with Crippen molar-refractivity contribution in [2.75, 3.05) is 6.54 Å². The fourth-order valence-electron chi connectivity index (χ4n) is 1.64. The summed E-state index contributed by atoms with van der Waals surface area (Å²) in [5.74, 6) is 0. The highest BCUT2D eigenvalue weighted by Crippen LogP contribution is 2.25. The Morgan fingerprint density at radius 2 is 2.20 bits per heavy atom. The number of hydrogen-bond donors (Lipinski definition) is 2. The number of hydrogen-bond acceptors (Lipinski definition) is 1. The van der Waals surface area contributed by atoms with E-state index in [1.54, 1.807) is 0 Å². The largest absolute Gasteiger partial charge is 0.359 e. The summed E-state index contributed by atoms with van der Waals surface area (Å²) in [5, 5.41) is 1.90. The molecule has 1 heterocycles. The van der Waals surface area contributed by atoms with Crippen molar-refractivity contribution in [3.8, 4) is 0 Å². The van der Waals surface area contributed by atoms with Gasteiger partial charge in [-0.1, -0.05) is 23.8 Å². The topological polar surface area (TPSA) is 41.8 Å². The van der Waals surface area contributed by atoms with Crippen molar-refractivity contribution in [2.45, 2.75) is 6.92 Å². The first-order valence-electron chi connectivity index (χ1n) is 4.86. The quantitative estimate of drug-likeness (QED) is 0.803. The molecule has 0 amide bonds. The Labute approximate surface area is 93.7 Å². The highest BCUT2D eigenvalue weighted by molar-refractivity contribution is 6.32. The number of aryl methyl sites for hydroxylation is 1. The van der Waals surface area contributed by atoms with Gasteiger partial charge in [0.1, 0.15) is 0 Å². The first kappa shape index (κ1) is 10.3. The molecule has 0 spiro atoms. The summed E-state index contributed by atoms with van der Waals surface area (Å²) in [6, 6.07) is 6.09. The Kier molecular flexibility index (Phi) is 2.80. The summed E-state index contributed by atoms with van der Waals surface area (Å²) in [7, 11) is 0. The molecule has 2 rings (SSSR count). The van der Waals surface area contributed by atoms with Crippen molar-refractivity contribution in [3.05, 3.63) is 40.6 Å². The van der Waals surface area contributed by atoms with Crippen molar-refractivity contribution < 1.29 is 0 Å². The summed E-state index contributed by atoms with van der Waals surface area (Å²) in [6.07, 6.45) is 3.83. The number of nitrogens with two attached hydrogens (primary N) is 1. The van der Waals surface area contributed by atoms with E-state index in [1.807, 2.05) is 31.2 Å². The van der Waals surface area contributed by atoms with Gasteiger partial charge in [-0.15, -0.1) is 0 Å². The number of fused-ring (bicyclic) bond motifs is 1. The number of nitrogens with one attached hydrogen (secondary N) is 1. The molecule has 0 aliphatic carbocycles. The molecule has 0 saturated carbocycles. The van der Waals surface area contributed by atoms with Crippen LogP contribution >= 0.6 is 11.6 Å². The van der Waals surface area contributed by atoms with Crippen LogP contribution in [0.1, 0.15) is 11.3 Å². The van der Waals surface area contributed by atoms with Crippen molar-refractivity contribution in [1.82, 2.24) is 4.98 Å². The Balaban J connectivity index is 2.56. The third-order valence-corrected chi connectivity index (χ3v) is 2.63. The van der Waals surface area contributed by atoms with Crippen LogP contribution in [0.5, 0.6) is 0 Å². The molecule has 0 aliphatic heterocycles. The minimum atomic E-state index is 0.526. The molecule has 0 aliphatic rings. The van der Waals surface area contributed by atoms with Crippen molar-refractivity contribution >= 4 is 28.6 Å². The van der Waals surface area contributed by atoms with E-state index < -0.39 is 0 Å². The number of rotatable bonds is 2. The van der Waals surface area contributed by atoms with Gasteiger partial charge in [0.25, 0.3) is 0 Å². The van der Waals surface area contributed by atoms with E-state index in [1.165, 1.54) is 0 Å². The van der Waals surface area contributed by atoms with E-state index in [0.717, 1.165) is 27.2 Å². The molecule has 0 bridgehead atoms. The van der Waals surface area contributed by atoms with Crippen LogP contribution < -0.4 is 5.73 Å². The fraction of sp³-hybridized carbons (Fsp3) is 0.167. The van der Waals surface area contributed by atoms with Crippen LogP contribution in [0, 0.1) is 6.92 Å². The van der Waals surface area contributed by atoms with Crippen LogP contribution in [0.25, 0.3) is 17.0 Å². The molecule has 78 valence electrons. The molecule has 2 aromatic rings. The Morgan fingerprint density at radius 3 is 2.93 bits per heavy atom. The number of H-pyrrole nitrogens is 1. The molecule has 0 atom stereocenters. The van der Waals surface area contributed by atoms with E-state index in [4.69, 9.17) is 17.3 Å². The van der Waals surface area contributed by atoms with Crippen LogP contribution in [0.4, 0.5) is 0 Å². The molecule has 1 aromatic heterocycles. The zero-order chi connectivity index (χ0) is 10.8. The number of benzene rings is 1. The van der Waals surface area contributed by atoms with Crippen molar-refractivity contribution in [2.24, 2.45) is 5.73 Å². The van der Waals surface area contributed by atoms with E-state index in [-0.39, 0.29) is 0 Å². The number of aromatic amines is 1. The first-order valence-corrected chi connectivity index (χ1v) is 5.24. The maximum absolute atomic E-state index is 6.14. The van der Waals surface area contributed by atoms with Crippen LogP contribution in [-0.2, 0) is 0 Å². The standard InChI is InChI=1S/C12H13ClN2/c1-8-5-10-6-11(13)9(3-2-4-14)7-12(10)15-8/h2-3,5-7,15H,4,14H2,1H3/b3-2+. The lowest BCUT2D eigenvalue weighted by atomic mass is 10.1. The first-order chi connectivity index (χ1) is 7.20. The molecule has 1 aromatic carbocycles. The van der Waals surface area contributed by atoms with Gasteiger partial charge in [-0.05, 0) is 30.7 Å². The van der Waals surface area contributed by atoms with Crippen LogP contribution in [-0.4, -0.2) is 11.5 Å². The van der Waals surface area contributed by atoms with Crippen molar-refractivity contribution in [3.63, 3.8) is 0 Å². The average Bonchev–Trinajstić information content (AvgIpc) is 2.53. The molecular formula is C12H13ClN2. The highest BCUT2D eigenvalue weighted by Gasteiger charge is 2.02. The minimum absolute atomic E-state index is 0.526.